The maximum Gasteiger partial charge on any atom is 0.337 e. The molecule has 2 N–H and O–H groups in total. The van der Waals surface area contributed by atoms with Crippen molar-refractivity contribution in [2.24, 2.45) is 0 Å². The van der Waals surface area contributed by atoms with Gasteiger partial charge in [-0.05, 0) is 40.8 Å². The average molecular weight is 372 g/mol. The number of carbonyl (C=O) groups is 2. The molecule has 0 atom stereocenters. The number of rotatable bonds is 4. The summed E-state index contributed by atoms with van der Waals surface area (Å²) in [6, 6.07) is 4.77. The van der Waals surface area contributed by atoms with Gasteiger partial charge in [0.15, 0.2) is 0 Å². The Hall–Kier alpha value is -1.97. The van der Waals surface area contributed by atoms with Gasteiger partial charge in [-0.25, -0.2) is 14.5 Å². The summed E-state index contributed by atoms with van der Waals surface area (Å²) >= 11 is 2.01. The molecule has 2 aromatic rings. The van der Waals surface area contributed by atoms with Crippen LogP contribution in [0.4, 0.5) is 5.69 Å². The summed E-state index contributed by atoms with van der Waals surface area (Å²) in [5.41, 5.74) is 0.317. The highest BCUT2D eigenvalue weighted by Crippen LogP contribution is 2.19. The Labute approximate surface area is 121 Å². The highest BCUT2D eigenvalue weighted by Gasteiger charge is 2.13. The Balaban J connectivity index is 2.14. The van der Waals surface area contributed by atoms with Crippen LogP contribution in [0.3, 0.4) is 0 Å². The predicted octanol–water partition coefficient (Wildman–Crippen LogP) is 1.22. The smallest absolute Gasteiger partial charge is 0.337 e. The molecule has 0 radical (unpaired) electrons. The lowest BCUT2D eigenvalue weighted by Gasteiger charge is -2.08. The van der Waals surface area contributed by atoms with Gasteiger partial charge in [-0.2, -0.15) is 5.10 Å². The number of carbonyl (C=O) groups excluding carboxylic acids is 1. The van der Waals surface area contributed by atoms with E-state index in [9.17, 15) is 9.59 Å². The SMILES string of the molecule is O=C(Cn1cncn1)Nc1ccc(I)cc1C(=O)O. The van der Waals surface area contributed by atoms with Crippen LogP contribution < -0.4 is 5.32 Å². The van der Waals surface area contributed by atoms with Crippen LogP contribution in [0.5, 0.6) is 0 Å². The van der Waals surface area contributed by atoms with E-state index in [1.54, 1.807) is 12.1 Å². The lowest BCUT2D eigenvalue weighted by atomic mass is 10.2. The van der Waals surface area contributed by atoms with Crippen LogP contribution in [0.25, 0.3) is 0 Å². The molecule has 2 rings (SSSR count). The van der Waals surface area contributed by atoms with Crippen LogP contribution in [-0.4, -0.2) is 31.7 Å². The predicted molar refractivity (Wildman–Crippen MR) is 74.8 cm³/mol. The molecule has 1 heterocycles. The Morgan fingerprint density at radius 2 is 2.21 bits per heavy atom. The van der Waals surface area contributed by atoms with E-state index in [2.05, 4.69) is 15.4 Å². The van der Waals surface area contributed by atoms with Crippen molar-refractivity contribution in [3.8, 4) is 0 Å². The summed E-state index contributed by atoms with van der Waals surface area (Å²) in [7, 11) is 0. The molecule has 0 aliphatic carbocycles. The molecule has 0 aliphatic rings. The van der Waals surface area contributed by atoms with Gasteiger partial charge in [0.1, 0.15) is 19.2 Å². The van der Waals surface area contributed by atoms with Gasteiger partial charge < -0.3 is 10.4 Å². The highest BCUT2D eigenvalue weighted by atomic mass is 127. The Morgan fingerprint density at radius 3 is 2.84 bits per heavy atom. The number of aromatic carboxylic acids is 1. The van der Waals surface area contributed by atoms with Crippen molar-refractivity contribution < 1.29 is 14.7 Å². The molecule has 0 unspecified atom stereocenters. The number of carboxylic acids is 1. The zero-order valence-electron chi connectivity index (χ0n) is 9.58. The minimum absolute atomic E-state index is 0.0228. The van der Waals surface area contributed by atoms with Crippen LogP contribution in [0.15, 0.2) is 30.9 Å². The third kappa shape index (κ3) is 3.50. The van der Waals surface area contributed by atoms with E-state index in [-0.39, 0.29) is 23.7 Å². The Kier molecular flexibility index (Phi) is 4.10. The summed E-state index contributed by atoms with van der Waals surface area (Å²) in [5.74, 6) is -1.45. The summed E-state index contributed by atoms with van der Waals surface area (Å²) in [4.78, 5) is 26.6. The molecular weight excluding hydrogens is 363 g/mol. The Morgan fingerprint density at radius 1 is 1.42 bits per heavy atom. The fourth-order valence-electron chi connectivity index (χ4n) is 1.45. The molecule has 1 aromatic carbocycles. The minimum atomic E-state index is -1.09. The normalized spacial score (nSPS) is 10.2. The largest absolute Gasteiger partial charge is 0.478 e. The van der Waals surface area contributed by atoms with Gasteiger partial charge >= 0.3 is 5.97 Å². The lowest BCUT2D eigenvalue weighted by molar-refractivity contribution is -0.116. The number of carboxylic acid groups (broad SMARTS) is 1. The second-order valence-electron chi connectivity index (χ2n) is 3.64. The van der Waals surface area contributed by atoms with Crippen molar-refractivity contribution in [3.63, 3.8) is 0 Å². The van der Waals surface area contributed by atoms with Gasteiger partial charge in [-0.15, -0.1) is 0 Å². The van der Waals surface area contributed by atoms with Crippen molar-refractivity contribution >= 4 is 40.2 Å². The molecule has 0 spiro atoms. The number of hydrogen-bond acceptors (Lipinski definition) is 4. The third-order valence-corrected chi connectivity index (χ3v) is 2.93. The standard InChI is InChI=1S/C11H9IN4O3/c12-7-1-2-9(8(3-7)11(18)19)15-10(17)4-16-6-13-5-14-16/h1-3,5-6H,4H2,(H,15,17)(H,18,19). The number of aromatic nitrogens is 3. The molecule has 8 heteroatoms. The molecule has 1 aromatic heterocycles. The maximum atomic E-state index is 11.7. The van der Waals surface area contributed by atoms with E-state index in [1.807, 2.05) is 22.6 Å². The highest BCUT2D eigenvalue weighted by molar-refractivity contribution is 14.1. The monoisotopic (exact) mass is 372 g/mol. The number of anilines is 1. The van der Waals surface area contributed by atoms with Crippen molar-refractivity contribution in [1.82, 2.24) is 14.8 Å². The van der Waals surface area contributed by atoms with Gasteiger partial charge in [-0.3, -0.25) is 4.79 Å². The first-order chi connectivity index (χ1) is 9.06. The Bertz CT molecular complexity index is 612. The second kappa shape index (κ2) is 5.78. The first-order valence-electron chi connectivity index (χ1n) is 5.21. The van der Waals surface area contributed by atoms with Crippen molar-refractivity contribution in [2.75, 3.05) is 5.32 Å². The van der Waals surface area contributed by atoms with Crippen LogP contribution in [0.2, 0.25) is 0 Å². The second-order valence-corrected chi connectivity index (χ2v) is 4.88. The minimum Gasteiger partial charge on any atom is -0.478 e. The summed E-state index contributed by atoms with van der Waals surface area (Å²) in [5, 5.41) is 15.4. The van der Waals surface area contributed by atoms with Gasteiger partial charge in [0, 0.05) is 3.57 Å². The van der Waals surface area contributed by atoms with Crippen molar-refractivity contribution in [2.45, 2.75) is 6.54 Å². The van der Waals surface area contributed by atoms with E-state index in [0.29, 0.717) is 0 Å². The molecule has 0 saturated heterocycles. The number of halogens is 1. The fourth-order valence-corrected chi connectivity index (χ4v) is 1.94. The van der Waals surface area contributed by atoms with Gasteiger partial charge in [0.25, 0.3) is 0 Å². The van der Waals surface area contributed by atoms with Gasteiger partial charge in [0.2, 0.25) is 5.91 Å². The number of hydrogen-bond donors (Lipinski definition) is 2. The molecule has 98 valence electrons. The zero-order valence-corrected chi connectivity index (χ0v) is 11.7. The van der Waals surface area contributed by atoms with Crippen LogP contribution in [-0.2, 0) is 11.3 Å². The first-order valence-corrected chi connectivity index (χ1v) is 6.29. The number of amides is 1. The quantitative estimate of drug-likeness (QED) is 0.787. The third-order valence-electron chi connectivity index (χ3n) is 2.26. The molecule has 7 nitrogen and oxygen atoms in total. The van der Waals surface area contributed by atoms with Gasteiger partial charge in [-0.1, -0.05) is 0 Å². The summed E-state index contributed by atoms with van der Waals surface area (Å²) in [6.45, 7) is -0.0228. The molecule has 1 amide bonds. The van der Waals surface area contributed by atoms with E-state index in [0.717, 1.165) is 3.57 Å². The van der Waals surface area contributed by atoms with Crippen molar-refractivity contribution in [3.05, 3.63) is 40.0 Å². The van der Waals surface area contributed by atoms with Crippen LogP contribution in [0, 0.1) is 3.57 Å². The summed E-state index contributed by atoms with van der Waals surface area (Å²) < 4.78 is 2.13. The molecule has 0 saturated carbocycles. The van der Waals surface area contributed by atoms with E-state index >= 15 is 0 Å². The lowest BCUT2D eigenvalue weighted by Crippen LogP contribution is -2.20. The summed E-state index contributed by atoms with van der Waals surface area (Å²) in [6.07, 6.45) is 2.73. The molecule has 0 fully saturated rings. The van der Waals surface area contributed by atoms with Crippen LogP contribution in [0.1, 0.15) is 10.4 Å². The van der Waals surface area contributed by atoms with Gasteiger partial charge in [0.05, 0.1) is 11.3 Å². The fraction of sp³-hybridized carbons (Fsp3) is 0.0909. The molecular formula is C11H9IN4O3. The number of benzene rings is 1. The number of nitrogens with zero attached hydrogens (tertiary/aromatic N) is 3. The molecule has 19 heavy (non-hydrogen) atoms. The first kappa shape index (κ1) is 13.5. The van der Waals surface area contributed by atoms with E-state index in [1.165, 1.54) is 23.4 Å². The number of nitrogens with one attached hydrogen (secondary N) is 1. The van der Waals surface area contributed by atoms with E-state index < -0.39 is 5.97 Å². The molecule has 0 bridgehead atoms. The topological polar surface area (TPSA) is 97.1 Å². The average Bonchev–Trinajstić information content (AvgIpc) is 2.83. The maximum absolute atomic E-state index is 11.7. The van der Waals surface area contributed by atoms with Crippen LogP contribution >= 0.6 is 22.6 Å². The molecule has 0 aliphatic heterocycles. The van der Waals surface area contributed by atoms with Crippen molar-refractivity contribution in [1.29, 1.82) is 0 Å². The zero-order chi connectivity index (χ0) is 13.8. The van der Waals surface area contributed by atoms with E-state index in [4.69, 9.17) is 5.11 Å².